The number of hydrogen-bond donors (Lipinski definition) is 0. The minimum absolute atomic E-state index is 0.160. The first-order chi connectivity index (χ1) is 7.41. The Balaban J connectivity index is 2.69. The fraction of sp³-hybridized carbons (Fsp3) is 0.357. The molecule has 1 unspecified atom stereocenters. The van der Waals surface area contributed by atoms with Gasteiger partial charge in [0, 0.05) is 5.56 Å². The van der Waals surface area contributed by atoms with Crippen molar-refractivity contribution in [1.82, 2.24) is 0 Å². The zero-order chi connectivity index (χ0) is 12.2. The molecule has 0 amide bonds. The summed E-state index contributed by atoms with van der Waals surface area (Å²) in [6.45, 7) is 5.40. The summed E-state index contributed by atoms with van der Waals surface area (Å²) < 4.78 is 13.5. The summed E-state index contributed by atoms with van der Waals surface area (Å²) in [5.41, 5.74) is 0.118. The second-order valence-corrected chi connectivity index (χ2v) is 4.86. The lowest BCUT2D eigenvalue weighted by molar-refractivity contribution is 0.104. The van der Waals surface area contributed by atoms with Gasteiger partial charge in [0.05, 0.1) is 0 Å². The first-order valence-electron chi connectivity index (χ1n) is 5.33. The van der Waals surface area contributed by atoms with Gasteiger partial charge in [-0.3, -0.25) is 4.79 Å². The van der Waals surface area contributed by atoms with Crippen molar-refractivity contribution in [2.45, 2.75) is 26.9 Å². The lowest BCUT2D eigenvalue weighted by atomic mass is 9.90. The molecule has 0 fully saturated rings. The Morgan fingerprint density at radius 3 is 2.31 bits per heavy atom. The van der Waals surface area contributed by atoms with E-state index in [0.717, 1.165) is 0 Å². The lowest BCUT2D eigenvalue weighted by Gasteiger charge is -2.20. The van der Waals surface area contributed by atoms with Gasteiger partial charge in [0.15, 0.2) is 5.78 Å². The maximum absolute atomic E-state index is 13.5. The van der Waals surface area contributed by atoms with Crippen molar-refractivity contribution in [2.75, 3.05) is 0 Å². The minimum Gasteiger partial charge on any atom is -0.289 e. The minimum atomic E-state index is -1.11. The molecule has 0 spiro atoms. The molecule has 0 N–H and O–H groups in total. The van der Waals surface area contributed by atoms with Crippen LogP contribution < -0.4 is 0 Å². The van der Waals surface area contributed by atoms with E-state index < -0.39 is 11.6 Å². The molecular weight excluding hydrogens is 203 g/mol. The molecule has 0 saturated heterocycles. The fourth-order valence-corrected chi connectivity index (χ4v) is 1.16. The second kappa shape index (κ2) is 5.06. The van der Waals surface area contributed by atoms with Crippen LogP contribution in [0.1, 0.15) is 31.1 Å². The van der Waals surface area contributed by atoms with Gasteiger partial charge in [0.1, 0.15) is 6.17 Å². The molecular formula is C14H17FO. The number of rotatable bonds is 3. The number of alkyl halides is 1. The molecule has 1 atom stereocenters. The molecule has 2 heteroatoms. The third kappa shape index (κ3) is 3.61. The summed E-state index contributed by atoms with van der Waals surface area (Å²) in [5.74, 6) is -0.160. The van der Waals surface area contributed by atoms with Crippen molar-refractivity contribution in [3.63, 3.8) is 0 Å². The first kappa shape index (κ1) is 12.6. The van der Waals surface area contributed by atoms with Crippen LogP contribution in [-0.4, -0.2) is 12.0 Å². The van der Waals surface area contributed by atoms with E-state index in [4.69, 9.17) is 0 Å². The van der Waals surface area contributed by atoms with E-state index in [1.165, 1.54) is 12.2 Å². The molecule has 1 aromatic carbocycles. The predicted octanol–water partition coefficient (Wildman–Crippen LogP) is 3.81. The Bertz CT molecular complexity index is 373. The number of allylic oxidation sites excluding steroid dienone is 2. The Labute approximate surface area is 96.0 Å². The molecule has 1 aromatic rings. The quantitative estimate of drug-likeness (QED) is 0.559. The van der Waals surface area contributed by atoms with Crippen LogP contribution in [0.15, 0.2) is 42.5 Å². The molecule has 0 aliphatic carbocycles. The van der Waals surface area contributed by atoms with E-state index in [0.29, 0.717) is 5.56 Å². The summed E-state index contributed by atoms with van der Waals surface area (Å²) in [6, 6.07) is 8.86. The van der Waals surface area contributed by atoms with Crippen molar-refractivity contribution in [3.8, 4) is 0 Å². The SMILES string of the molecule is CC(C)(C)C(F)/C=C/C(=O)c1ccccc1. The van der Waals surface area contributed by atoms with Crippen molar-refractivity contribution in [1.29, 1.82) is 0 Å². The van der Waals surface area contributed by atoms with Gasteiger partial charge in [-0.25, -0.2) is 4.39 Å². The number of carbonyl (C=O) groups excluding carboxylic acids is 1. The van der Waals surface area contributed by atoms with Crippen LogP contribution in [0.3, 0.4) is 0 Å². The van der Waals surface area contributed by atoms with Gasteiger partial charge in [-0.05, 0) is 17.6 Å². The zero-order valence-electron chi connectivity index (χ0n) is 9.91. The van der Waals surface area contributed by atoms with Crippen LogP contribution in [-0.2, 0) is 0 Å². The van der Waals surface area contributed by atoms with Gasteiger partial charge in [-0.2, -0.15) is 0 Å². The van der Waals surface area contributed by atoms with Gasteiger partial charge in [-0.1, -0.05) is 51.1 Å². The maximum Gasteiger partial charge on any atom is 0.185 e. The first-order valence-corrected chi connectivity index (χ1v) is 5.33. The zero-order valence-corrected chi connectivity index (χ0v) is 9.91. The standard InChI is InChI=1S/C14H17FO/c1-14(2,3)13(15)10-9-12(16)11-7-5-4-6-8-11/h4-10,13H,1-3H3/b10-9+. The van der Waals surface area contributed by atoms with Gasteiger partial charge >= 0.3 is 0 Å². The van der Waals surface area contributed by atoms with E-state index in [2.05, 4.69) is 0 Å². The predicted molar refractivity (Wildman–Crippen MR) is 64.3 cm³/mol. The topological polar surface area (TPSA) is 17.1 Å². The van der Waals surface area contributed by atoms with Crippen molar-refractivity contribution in [2.24, 2.45) is 5.41 Å². The fourth-order valence-electron chi connectivity index (χ4n) is 1.16. The summed E-state index contributed by atoms with van der Waals surface area (Å²) in [7, 11) is 0. The molecule has 1 rings (SSSR count). The maximum atomic E-state index is 13.5. The van der Waals surface area contributed by atoms with E-state index in [1.807, 2.05) is 6.07 Å². The van der Waals surface area contributed by atoms with Crippen LogP contribution in [0, 0.1) is 5.41 Å². The molecule has 0 bridgehead atoms. The normalized spacial score (nSPS) is 14.0. The molecule has 0 radical (unpaired) electrons. The number of hydrogen-bond acceptors (Lipinski definition) is 1. The summed E-state index contributed by atoms with van der Waals surface area (Å²) in [4.78, 5) is 11.6. The number of ketones is 1. The average molecular weight is 220 g/mol. The molecule has 0 aliphatic rings. The van der Waals surface area contributed by atoms with Crippen molar-refractivity contribution in [3.05, 3.63) is 48.0 Å². The van der Waals surface area contributed by atoms with Gasteiger partial charge < -0.3 is 0 Å². The Morgan fingerprint density at radius 2 is 1.81 bits per heavy atom. The van der Waals surface area contributed by atoms with E-state index >= 15 is 0 Å². The molecule has 0 aliphatic heterocycles. The highest BCUT2D eigenvalue weighted by Gasteiger charge is 2.21. The highest BCUT2D eigenvalue weighted by Crippen LogP contribution is 2.23. The largest absolute Gasteiger partial charge is 0.289 e. The molecule has 16 heavy (non-hydrogen) atoms. The monoisotopic (exact) mass is 220 g/mol. The van der Waals surface area contributed by atoms with Crippen LogP contribution in [0.25, 0.3) is 0 Å². The number of carbonyl (C=O) groups is 1. The van der Waals surface area contributed by atoms with Gasteiger partial charge in [-0.15, -0.1) is 0 Å². The number of halogens is 1. The molecule has 0 aromatic heterocycles. The third-order valence-corrected chi connectivity index (χ3v) is 2.30. The molecule has 0 saturated carbocycles. The Morgan fingerprint density at radius 1 is 1.25 bits per heavy atom. The summed E-state index contributed by atoms with van der Waals surface area (Å²) in [5, 5.41) is 0. The van der Waals surface area contributed by atoms with Crippen molar-refractivity contribution < 1.29 is 9.18 Å². The van der Waals surface area contributed by atoms with Crippen molar-refractivity contribution >= 4 is 5.78 Å². The average Bonchev–Trinajstić information content (AvgIpc) is 2.25. The van der Waals surface area contributed by atoms with E-state index in [1.54, 1.807) is 45.0 Å². The highest BCUT2D eigenvalue weighted by molar-refractivity contribution is 6.04. The summed E-state index contributed by atoms with van der Waals surface area (Å²) in [6.07, 6.45) is 1.53. The summed E-state index contributed by atoms with van der Waals surface area (Å²) >= 11 is 0. The van der Waals surface area contributed by atoms with E-state index in [9.17, 15) is 9.18 Å². The number of benzene rings is 1. The second-order valence-electron chi connectivity index (χ2n) is 4.86. The third-order valence-electron chi connectivity index (χ3n) is 2.30. The van der Waals surface area contributed by atoms with Crippen LogP contribution in [0.5, 0.6) is 0 Å². The Hall–Kier alpha value is -1.44. The Kier molecular flexibility index (Phi) is 3.99. The smallest absolute Gasteiger partial charge is 0.185 e. The van der Waals surface area contributed by atoms with Crippen LogP contribution in [0.2, 0.25) is 0 Å². The van der Waals surface area contributed by atoms with Crippen LogP contribution in [0.4, 0.5) is 4.39 Å². The molecule has 1 nitrogen and oxygen atoms in total. The van der Waals surface area contributed by atoms with E-state index in [-0.39, 0.29) is 5.78 Å². The highest BCUT2D eigenvalue weighted by atomic mass is 19.1. The lowest BCUT2D eigenvalue weighted by Crippen LogP contribution is -2.19. The van der Waals surface area contributed by atoms with Gasteiger partial charge in [0.25, 0.3) is 0 Å². The molecule has 86 valence electrons. The van der Waals surface area contributed by atoms with Gasteiger partial charge in [0.2, 0.25) is 0 Å². The van der Waals surface area contributed by atoms with Crippen LogP contribution >= 0.6 is 0 Å². The molecule has 0 heterocycles.